The molecule has 2 rings (SSSR count). The lowest BCUT2D eigenvalue weighted by Crippen LogP contribution is -2.38. The molecule has 0 spiro atoms. The summed E-state index contributed by atoms with van der Waals surface area (Å²) >= 11 is 0. The second kappa shape index (κ2) is 12.7. The maximum absolute atomic E-state index is 4.34. The Morgan fingerprint density at radius 1 is 1.07 bits per heavy atom. The summed E-state index contributed by atoms with van der Waals surface area (Å²) in [5.41, 5.74) is 3.73. The third-order valence-corrected chi connectivity index (χ3v) is 4.49. The van der Waals surface area contributed by atoms with Crippen molar-refractivity contribution in [3.05, 3.63) is 65.5 Å². The van der Waals surface area contributed by atoms with Crippen LogP contribution in [0.25, 0.3) is 0 Å². The fourth-order valence-electron chi connectivity index (χ4n) is 2.59. The largest absolute Gasteiger partial charge is 0.356 e. The Balaban J connectivity index is 0.00000364. The number of nitrogens with one attached hydrogen (secondary N) is 2. The van der Waals surface area contributed by atoms with Crippen molar-refractivity contribution >= 4 is 29.9 Å². The molecule has 6 heteroatoms. The Morgan fingerprint density at radius 2 is 1.78 bits per heavy atom. The molecule has 148 valence electrons. The molecule has 5 nitrogen and oxygen atoms in total. The van der Waals surface area contributed by atoms with Crippen LogP contribution in [0.4, 0.5) is 0 Å². The van der Waals surface area contributed by atoms with Gasteiger partial charge in [0.05, 0.1) is 0 Å². The zero-order valence-electron chi connectivity index (χ0n) is 16.8. The van der Waals surface area contributed by atoms with Gasteiger partial charge in [-0.1, -0.05) is 30.3 Å². The van der Waals surface area contributed by atoms with E-state index in [-0.39, 0.29) is 24.0 Å². The first-order valence-corrected chi connectivity index (χ1v) is 9.21. The van der Waals surface area contributed by atoms with Gasteiger partial charge >= 0.3 is 0 Å². The number of aromatic nitrogens is 1. The molecule has 2 N–H and O–H groups in total. The van der Waals surface area contributed by atoms with Crippen molar-refractivity contribution in [1.82, 2.24) is 20.5 Å². The molecule has 0 aliphatic carbocycles. The van der Waals surface area contributed by atoms with Gasteiger partial charge in [-0.05, 0) is 44.2 Å². The first-order chi connectivity index (χ1) is 12.6. The minimum Gasteiger partial charge on any atom is -0.356 e. The van der Waals surface area contributed by atoms with Crippen LogP contribution in [0.15, 0.2) is 53.7 Å². The first-order valence-electron chi connectivity index (χ1n) is 9.21. The number of pyridine rings is 1. The van der Waals surface area contributed by atoms with Gasteiger partial charge in [0.25, 0.3) is 0 Å². The van der Waals surface area contributed by atoms with Gasteiger partial charge in [0.1, 0.15) is 0 Å². The monoisotopic (exact) mass is 481 g/mol. The summed E-state index contributed by atoms with van der Waals surface area (Å²) in [4.78, 5) is 11.0. The molecular formula is C21H32IN5. The Kier molecular flexibility index (Phi) is 11.0. The SMILES string of the molecule is CN=C(NCCc1ccccn1)NCc1ccccc1CN(C)C(C)C.I. The van der Waals surface area contributed by atoms with Crippen LogP contribution in [0.3, 0.4) is 0 Å². The lowest BCUT2D eigenvalue weighted by Gasteiger charge is -2.23. The molecule has 0 aliphatic heterocycles. The van der Waals surface area contributed by atoms with Gasteiger partial charge in [0.15, 0.2) is 5.96 Å². The van der Waals surface area contributed by atoms with Gasteiger partial charge < -0.3 is 10.6 Å². The van der Waals surface area contributed by atoms with E-state index in [9.17, 15) is 0 Å². The minimum absolute atomic E-state index is 0. The number of nitrogens with zero attached hydrogens (tertiary/aromatic N) is 3. The fraction of sp³-hybridized carbons (Fsp3) is 0.429. The Bertz CT molecular complexity index is 688. The summed E-state index contributed by atoms with van der Waals surface area (Å²) in [5, 5.41) is 6.77. The van der Waals surface area contributed by atoms with E-state index < -0.39 is 0 Å². The molecule has 27 heavy (non-hydrogen) atoms. The van der Waals surface area contributed by atoms with E-state index in [1.165, 1.54) is 11.1 Å². The predicted molar refractivity (Wildman–Crippen MR) is 125 cm³/mol. The third kappa shape index (κ3) is 8.26. The molecule has 0 fully saturated rings. The molecule has 0 atom stereocenters. The molecule has 1 heterocycles. The van der Waals surface area contributed by atoms with Crippen LogP contribution in [0, 0.1) is 0 Å². The van der Waals surface area contributed by atoms with Crippen LogP contribution in [-0.4, -0.2) is 42.5 Å². The van der Waals surface area contributed by atoms with Crippen LogP contribution in [0.5, 0.6) is 0 Å². The average Bonchev–Trinajstić information content (AvgIpc) is 2.66. The van der Waals surface area contributed by atoms with Gasteiger partial charge in [0.2, 0.25) is 0 Å². The molecule has 0 amide bonds. The smallest absolute Gasteiger partial charge is 0.191 e. The number of hydrogen-bond acceptors (Lipinski definition) is 3. The van der Waals surface area contributed by atoms with E-state index in [4.69, 9.17) is 0 Å². The quantitative estimate of drug-likeness (QED) is 0.345. The van der Waals surface area contributed by atoms with Gasteiger partial charge in [-0.15, -0.1) is 24.0 Å². The molecule has 0 saturated heterocycles. The van der Waals surface area contributed by atoms with Crippen molar-refractivity contribution in [3.63, 3.8) is 0 Å². The number of halogens is 1. The molecule has 0 bridgehead atoms. The Labute approximate surface area is 180 Å². The number of guanidine groups is 1. The summed E-state index contributed by atoms with van der Waals surface area (Å²) in [6.07, 6.45) is 2.70. The summed E-state index contributed by atoms with van der Waals surface area (Å²) < 4.78 is 0. The second-order valence-corrected chi connectivity index (χ2v) is 6.70. The maximum atomic E-state index is 4.34. The molecule has 0 aliphatic rings. The van der Waals surface area contributed by atoms with E-state index >= 15 is 0 Å². The first kappa shape index (κ1) is 23.4. The Hall–Kier alpha value is -1.67. The van der Waals surface area contributed by atoms with Gasteiger partial charge in [0, 0.05) is 51.0 Å². The summed E-state index contributed by atoms with van der Waals surface area (Å²) in [6.45, 7) is 6.93. The average molecular weight is 481 g/mol. The summed E-state index contributed by atoms with van der Waals surface area (Å²) in [7, 11) is 3.96. The number of hydrogen-bond donors (Lipinski definition) is 2. The van der Waals surface area contributed by atoms with Gasteiger partial charge in [-0.25, -0.2) is 0 Å². The van der Waals surface area contributed by atoms with Crippen LogP contribution in [-0.2, 0) is 19.5 Å². The van der Waals surface area contributed by atoms with Crippen molar-refractivity contribution in [2.45, 2.75) is 39.4 Å². The molecule has 0 saturated carbocycles. The van der Waals surface area contributed by atoms with Crippen LogP contribution in [0.2, 0.25) is 0 Å². The maximum Gasteiger partial charge on any atom is 0.191 e. The van der Waals surface area contributed by atoms with E-state index in [0.29, 0.717) is 6.04 Å². The van der Waals surface area contributed by atoms with Crippen LogP contribution in [0.1, 0.15) is 30.7 Å². The molecule has 0 unspecified atom stereocenters. The topological polar surface area (TPSA) is 52.6 Å². The van der Waals surface area contributed by atoms with Crippen molar-refractivity contribution in [2.75, 3.05) is 20.6 Å². The standard InChI is InChI=1S/C21H31N5.HI/c1-17(2)26(4)16-19-10-6-5-9-18(19)15-25-21(22-3)24-14-12-20-11-7-8-13-23-20;/h5-11,13,17H,12,14-16H2,1-4H3,(H2,22,24,25);1H. The van der Waals surface area contributed by atoms with E-state index in [1.54, 1.807) is 7.05 Å². The number of rotatable bonds is 8. The van der Waals surface area contributed by atoms with Crippen LogP contribution < -0.4 is 10.6 Å². The molecule has 0 radical (unpaired) electrons. The zero-order valence-corrected chi connectivity index (χ0v) is 19.1. The second-order valence-electron chi connectivity index (χ2n) is 6.70. The molecule has 2 aromatic rings. The summed E-state index contributed by atoms with van der Waals surface area (Å²) in [5.74, 6) is 0.813. The van der Waals surface area contributed by atoms with Gasteiger partial charge in [-0.3, -0.25) is 14.9 Å². The summed E-state index contributed by atoms with van der Waals surface area (Å²) in [6, 6.07) is 15.1. The number of aliphatic imine (C=N–C) groups is 1. The highest BCUT2D eigenvalue weighted by Gasteiger charge is 2.08. The lowest BCUT2D eigenvalue weighted by atomic mass is 10.1. The van der Waals surface area contributed by atoms with E-state index in [0.717, 1.165) is 37.7 Å². The van der Waals surface area contributed by atoms with E-state index in [2.05, 4.69) is 70.7 Å². The third-order valence-electron chi connectivity index (χ3n) is 4.49. The molecule has 1 aromatic heterocycles. The van der Waals surface area contributed by atoms with E-state index in [1.807, 2.05) is 24.4 Å². The number of benzene rings is 1. The van der Waals surface area contributed by atoms with Gasteiger partial charge in [-0.2, -0.15) is 0 Å². The molecule has 1 aromatic carbocycles. The van der Waals surface area contributed by atoms with Crippen LogP contribution >= 0.6 is 24.0 Å². The highest BCUT2D eigenvalue weighted by Crippen LogP contribution is 2.12. The highest BCUT2D eigenvalue weighted by atomic mass is 127. The lowest BCUT2D eigenvalue weighted by molar-refractivity contribution is 0.265. The minimum atomic E-state index is 0. The predicted octanol–water partition coefficient (Wildman–Crippen LogP) is 3.45. The normalized spacial score (nSPS) is 11.4. The van der Waals surface area contributed by atoms with Crippen molar-refractivity contribution in [3.8, 4) is 0 Å². The highest BCUT2D eigenvalue weighted by molar-refractivity contribution is 14.0. The van der Waals surface area contributed by atoms with Crippen molar-refractivity contribution < 1.29 is 0 Å². The fourth-order valence-corrected chi connectivity index (χ4v) is 2.59. The Morgan fingerprint density at radius 3 is 2.41 bits per heavy atom. The molecular weight excluding hydrogens is 449 g/mol. The van der Waals surface area contributed by atoms with Crippen molar-refractivity contribution in [2.24, 2.45) is 4.99 Å². The zero-order chi connectivity index (χ0) is 18.8. The van der Waals surface area contributed by atoms with Crippen molar-refractivity contribution in [1.29, 1.82) is 0 Å².